The SMILES string of the molecule is CCc1cc(Nc2nccn3c(-c4ccc(CCC#N)c(F)c4F)cnc23)ccc1CNCCOCCN. The number of nitrogens with two attached hydrogens (primary N) is 1. The molecule has 2 heterocycles. The number of nitrogens with one attached hydrogen (secondary N) is 2. The lowest BCUT2D eigenvalue weighted by Crippen LogP contribution is -2.21. The van der Waals surface area contributed by atoms with Gasteiger partial charge in [-0.2, -0.15) is 5.26 Å². The zero-order valence-electron chi connectivity index (χ0n) is 21.3. The van der Waals surface area contributed by atoms with E-state index in [1.165, 1.54) is 29.5 Å². The van der Waals surface area contributed by atoms with Gasteiger partial charge in [0, 0.05) is 49.7 Å². The molecule has 198 valence electrons. The van der Waals surface area contributed by atoms with E-state index in [4.69, 9.17) is 15.7 Å². The number of fused-ring (bicyclic) bond motifs is 1. The number of halogens is 2. The van der Waals surface area contributed by atoms with Crippen LogP contribution in [0.1, 0.15) is 30.0 Å². The van der Waals surface area contributed by atoms with Gasteiger partial charge in [0.1, 0.15) is 0 Å². The standard InChI is InChI=1S/C28H31F2N7O/c1-2-19-16-22(7-5-21(19)17-33-12-15-38-14-10-32)36-27-28-35-18-24(37(28)13-11-34-27)23-8-6-20(4-3-9-31)25(29)26(23)30/h5-8,11,13,16,18,33H,2-4,10,12,14-15,17,32H2,1H3,(H,34,36). The number of hydrogen-bond acceptors (Lipinski definition) is 7. The third-order valence-electron chi connectivity index (χ3n) is 6.22. The number of aromatic nitrogens is 3. The molecule has 0 amide bonds. The van der Waals surface area contributed by atoms with E-state index in [0.717, 1.165) is 25.2 Å². The molecule has 0 spiro atoms. The number of nitrogens with zero attached hydrogens (tertiary/aromatic N) is 4. The second-order valence-corrected chi connectivity index (χ2v) is 8.71. The highest BCUT2D eigenvalue weighted by atomic mass is 19.2. The molecule has 4 rings (SSSR count). The van der Waals surface area contributed by atoms with Crippen molar-refractivity contribution in [2.24, 2.45) is 5.73 Å². The molecule has 10 heteroatoms. The third-order valence-corrected chi connectivity index (χ3v) is 6.22. The Morgan fingerprint density at radius 1 is 1.08 bits per heavy atom. The Balaban J connectivity index is 1.53. The fraction of sp³-hybridized carbons (Fsp3) is 0.321. The molecule has 38 heavy (non-hydrogen) atoms. The maximum Gasteiger partial charge on any atom is 0.180 e. The van der Waals surface area contributed by atoms with E-state index < -0.39 is 11.6 Å². The van der Waals surface area contributed by atoms with E-state index in [-0.39, 0.29) is 24.0 Å². The van der Waals surface area contributed by atoms with Crippen molar-refractivity contribution < 1.29 is 13.5 Å². The summed E-state index contributed by atoms with van der Waals surface area (Å²) in [5.41, 5.74) is 9.82. The first kappa shape index (κ1) is 27.1. The van der Waals surface area contributed by atoms with Gasteiger partial charge in [0.2, 0.25) is 0 Å². The summed E-state index contributed by atoms with van der Waals surface area (Å²) in [5, 5.41) is 15.5. The summed E-state index contributed by atoms with van der Waals surface area (Å²) in [6.07, 6.45) is 5.88. The van der Waals surface area contributed by atoms with Crippen LogP contribution >= 0.6 is 0 Å². The number of hydrogen-bond donors (Lipinski definition) is 3. The summed E-state index contributed by atoms with van der Waals surface area (Å²) in [4.78, 5) is 8.87. The zero-order valence-corrected chi connectivity index (χ0v) is 21.3. The molecule has 2 aromatic carbocycles. The van der Waals surface area contributed by atoms with Gasteiger partial charge in [0.05, 0.1) is 31.2 Å². The van der Waals surface area contributed by atoms with Crippen molar-refractivity contribution in [1.82, 2.24) is 19.7 Å². The number of nitriles is 1. The van der Waals surface area contributed by atoms with Gasteiger partial charge < -0.3 is 21.1 Å². The first-order valence-corrected chi connectivity index (χ1v) is 12.6. The van der Waals surface area contributed by atoms with Crippen molar-refractivity contribution in [2.45, 2.75) is 32.7 Å². The van der Waals surface area contributed by atoms with Crippen LogP contribution < -0.4 is 16.4 Å². The Bertz CT molecular complexity index is 1430. The van der Waals surface area contributed by atoms with Crippen molar-refractivity contribution in [3.8, 4) is 17.3 Å². The molecule has 4 aromatic rings. The molecule has 0 radical (unpaired) electrons. The third kappa shape index (κ3) is 6.14. The number of anilines is 2. The molecule has 0 atom stereocenters. The maximum absolute atomic E-state index is 15.0. The Labute approximate surface area is 220 Å². The second-order valence-electron chi connectivity index (χ2n) is 8.71. The van der Waals surface area contributed by atoms with Crippen LogP contribution in [0.3, 0.4) is 0 Å². The summed E-state index contributed by atoms with van der Waals surface area (Å²) >= 11 is 0. The maximum atomic E-state index is 15.0. The molecular formula is C28H31F2N7O. The highest BCUT2D eigenvalue weighted by Crippen LogP contribution is 2.30. The Hall–Kier alpha value is -3.91. The van der Waals surface area contributed by atoms with Gasteiger partial charge in [-0.3, -0.25) is 4.40 Å². The number of ether oxygens (including phenoxy) is 1. The Kier molecular flexibility index (Phi) is 9.32. The minimum absolute atomic E-state index is 0.0893. The molecule has 2 aromatic heterocycles. The molecular weight excluding hydrogens is 488 g/mol. The fourth-order valence-electron chi connectivity index (χ4n) is 4.27. The van der Waals surface area contributed by atoms with Crippen molar-refractivity contribution in [3.05, 3.63) is 77.2 Å². The highest BCUT2D eigenvalue weighted by Gasteiger charge is 2.18. The summed E-state index contributed by atoms with van der Waals surface area (Å²) in [6, 6.07) is 11.1. The summed E-state index contributed by atoms with van der Waals surface area (Å²) < 4.78 is 36.7. The Morgan fingerprint density at radius 2 is 1.92 bits per heavy atom. The molecule has 4 N–H and O–H groups in total. The first-order valence-electron chi connectivity index (χ1n) is 12.6. The number of rotatable bonds is 13. The minimum atomic E-state index is -0.962. The van der Waals surface area contributed by atoms with Crippen LogP contribution in [0.5, 0.6) is 0 Å². The quantitative estimate of drug-likeness (QED) is 0.223. The van der Waals surface area contributed by atoms with Crippen LogP contribution in [0, 0.1) is 23.0 Å². The predicted octanol–water partition coefficient (Wildman–Crippen LogP) is 4.50. The largest absolute Gasteiger partial charge is 0.379 e. The molecule has 0 aliphatic heterocycles. The molecule has 0 unspecified atom stereocenters. The number of imidazole rings is 1. The van der Waals surface area contributed by atoms with Gasteiger partial charge in [-0.1, -0.05) is 19.1 Å². The van der Waals surface area contributed by atoms with Crippen LogP contribution in [0.4, 0.5) is 20.3 Å². The van der Waals surface area contributed by atoms with Crippen molar-refractivity contribution in [1.29, 1.82) is 5.26 Å². The first-order chi connectivity index (χ1) is 18.6. The lowest BCUT2D eigenvalue weighted by molar-refractivity contribution is 0.143. The minimum Gasteiger partial charge on any atom is -0.379 e. The zero-order chi connectivity index (χ0) is 26.9. The average Bonchev–Trinajstić information content (AvgIpc) is 3.37. The van der Waals surface area contributed by atoms with E-state index in [2.05, 4.69) is 39.7 Å². The van der Waals surface area contributed by atoms with Crippen LogP contribution in [0.2, 0.25) is 0 Å². The van der Waals surface area contributed by atoms with Gasteiger partial charge >= 0.3 is 0 Å². The molecule has 8 nitrogen and oxygen atoms in total. The van der Waals surface area contributed by atoms with Gasteiger partial charge in [0.15, 0.2) is 23.1 Å². The van der Waals surface area contributed by atoms with E-state index in [0.29, 0.717) is 36.9 Å². The predicted molar refractivity (Wildman–Crippen MR) is 143 cm³/mol. The Morgan fingerprint density at radius 3 is 2.71 bits per heavy atom. The van der Waals surface area contributed by atoms with Gasteiger partial charge in [-0.25, -0.2) is 18.7 Å². The van der Waals surface area contributed by atoms with Gasteiger partial charge in [-0.05, 0) is 47.7 Å². The molecule has 0 saturated carbocycles. The lowest BCUT2D eigenvalue weighted by atomic mass is 10.0. The fourth-order valence-corrected chi connectivity index (χ4v) is 4.27. The summed E-state index contributed by atoms with van der Waals surface area (Å²) in [5.74, 6) is -1.41. The number of aryl methyl sites for hydroxylation is 2. The molecule has 0 fully saturated rings. The topological polar surface area (TPSA) is 113 Å². The summed E-state index contributed by atoms with van der Waals surface area (Å²) in [7, 11) is 0. The van der Waals surface area contributed by atoms with E-state index in [9.17, 15) is 8.78 Å². The molecule has 0 bridgehead atoms. The van der Waals surface area contributed by atoms with Gasteiger partial charge in [-0.15, -0.1) is 0 Å². The molecule has 0 aliphatic rings. The van der Waals surface area contributed by atoms with Gasteiger partial charge in [0.25, 0.3) is 0 Å². The normalized spacial score (nSPS) is 11.1. The molecule has 0 saturated heterocycles. The summed E-state index contributed by atoms with van der Waals surface area (Å²) in [6.45, 7) is 5.26. The van der Waals surface area contributed by atoms with E-state index in [1.54, 1.807) is 16.8 Å². The number of benzene rings is 2. The van der Waals surface area contributed by atoms with Crippen molar-refractivity contribution in [3.63, 3.8) is 0 Å². The second kappa shape index (κ2) is 13.1. The monoisotopic (exact) mass is 519 g/mol. The van der Waals surface area contributed by atoms with Crippen LogP contribution in [-0.4, -0.2) is 40.7 Å². The highest BCUT2D eigenvalue weighted by molar-refractivity contribution is 5.74. The average molecular weight is 520 g/mol. The van der Waals surface area contributed by atoms with Crippen molar-refractivity contribution >= 4 is 17.2 Å². The smallest absolute Gasteiger partial charge is 0.180 e. The van der Waals surface area contributed by atoms with E-state index in [1.807, 2.05) is 12.1 Å². The van der Waals surface area contributed by atoms with Crippen LogP contribution in [-0.2, 0) is 24.1 Å². The van der Waals surface area contributed by atoms with Crippen LogP contribution in [0.25, 0.3) is 16.9 Å². The van der Waals surface area contributed by atoms with E-state index >= 15 is 0 Å². The van der Waals surface area contributed by atoms with Crippen LogP contribution in [0.15, 0.2) is 48.9 Å². The van der Waals surface area contributed by atoms with Crippen molar-refractivity contribution in [2.75, 3.05) is 31.6 Å². The molecule has 0 aliphatic carbocycles. The lowest BCUT2D eigenvalue weighted by Gasteiger charge is -2.13.